The topological polar surface area (TPSA) is 75.6 Å². The fourth-order valence-electron chi connectivity index (χ4n) is 2.35. The van der Waals surface area contributed by atoms with Gasteiger partial charge in [-0.15, -0.1) is 0 Å². The Morgan fingerprint density at radius 2 is 1.79 bits per heavy atom. The second-order valence-corrected chi connectivity index (χ2v) is 5.53. The van der Waals surface area contributed by atoms with E-state index >= 15 is 0 Å². The highest BCUT2D eigenvalue weighted by Gasteiger charge is 2.14. The minimum atomic E-state index is -1.09. The Hall–Kier alpha value is -2.82. The maximum Gasteiger partial charge on any atom is 0.337 e. The number of nitrogens with one attached hydrogen (secondary N) is 1. The molecule has 0 aliphatic rings. The Kier molecular flexibility index (Phi) is 5.95. The third kappa shape index (κ3) is 4.35. The van der Waals surface area contributed by atoms with Crippen LogP contribution in [0, 0.1) is 0 Å². The van der Waals surface area contributed by atoms with E-state index < -0.39 is 11.9 Å². The number of carbonyl (C=O) groups is 2. The van der Waals surface area contributed by atoms with E-state index in [1.54, 1.807) is 18.2 Å². The van der Waals surface area contributed by atoms with Crippen LogP contribution in [0.15, 0.2) is 48.5 Å². The maximum atomic E-state index is 12.1. The van der Waals surface area contributed by atoms with Crippen molar-refractivity contribution in [2.75, 3.05) is 11.9 Å². The molecule has 0 aliphatic carbocycles. The van der Waals surface area contributed by atoms with E-state index in [1.165, 1.54) is 6.07 Å². The lowest BCUT2D eigenvalue weighted by molar-refractivity contribution is -0.118. The normalized spacial score (nSPS) is 11.6. The number of rotatable bonds is 7. The number of hydrogen-bond acceptors (Lipinski definition) is 3. The first kappa shape index (κ1) is 17.5. The van der Waals surface area contributed by atoms with E-state index in [2.05, 4.69) is 19.2 Å². The number of aromatic carboxylic acids is 1. The number of carboxylic acid groups (broad SMARTS) is 1. The van der Waals surface area contributed by atoms with Gasteiger partial charge < -0.3 is 15.2 Å². The van der Waals surface area contributed by atoms with E-state index in [0.29, 0.717) is 11.7 Å². The first-order chi connectivity index (χ1) is 11.5. The Morgan fingerprint density at radius 3 is 2.50 bits per heavy atom. The van der Waals surface area contributed by atoms with Crippen LogP contribution in [0.1, 0.15) is 42.1 Å². The lowest BCUT2D eigenvalue weighted by Crippen LogP contribution is -2.22. The van der Waals surface area contributed by atoms with Crippen molar-refractivity contribution >= 4 is 17.6 Å². The minimum absolute atomic E-state index is 0.0471. The maximum absolute atomic E-state index is 12.1. The van der Waals surface area contributed by atoms with Crippen LogP contribution in [-0.4, -0.2) is 23.6 Å². The van der Waals surface area contributed by atoms with Crippen LogP contribution in [0.4, 0.5) is 5.69 Å². The summed E-state index contributed by atoms with van der Waals surface area (Å²) in [4.78, 5) is 23.2. The van der Waals surface area contributed by atoms with Gasteiger partial charge in [-0.1, -0.05) is 44.2 Å². The van der Waals surface area contributed by atoms with Crippen LogP contribution in [0.25, 0.3) is 0 Å². The number of anilines is 1. The highest BCUT2D eigenvalue weighted by Crippen LogP contribution is 2.28. The van der Waals surface area contributed by atoms with E-state index in [1.807, 2.05) is 24.3 Å². The molecule has 0 bridgehead atoms. The second kappa shape index (κ2) is 8.15. The second-order valence-electron chi connectivity index (χ2n) is 5.53. The van der Waals surface area contributed by atoms with Crippen LogP contribution in [-0.2, 0) is 4.79 Å². The molecular formula is C19H21NO4. The summed E-state index contributed by atoms with van der Waals surface area (Å²) in [6.45, 7) is 4.02. The van der Waals surface area contributed by atoms with Crippen molar-refractivity contribution in [3.05, 3.63) is 59.7 Å². The summed E-state index contributed by atoms with van der Waals surface area (Å²) in [6.07, 6.45) is 0.971. The predicted molar refractivity (Wildman–Crippen MR) is 92.7 cm³/mol. The van der Waals surface area contributed by atoms with Crippen LogP contribution in [0.3, 0.4) is 0 Å². The molecule has 2 aromatic carbocycles. The molecule has 2 aromatic rings. The molecule has 0 heterocycles. The quantitative estimate of drug-likeness (QED) is 0.808. The van der Waals surface area contributed by atoms with Crippen molar-refractivity contribution in [2.24, 2.45) is 0 Å². The van der Waals surface area contributed by atoms with Crippen molar-refractivity contribution in [1.82, 2.24) is 0 Å². The standard InChI is InChI=1S/C19H21NO4/c1-3-13(2)14-8-5-7-11-17(14)24-12-18(21)20-16-10-6-4-9-15(16)19(22)23/h4-11,13H,3,12H2,1-2H3,(H,20,21)(H,22,23)/t13-/m0/s1. The largest absolute Gasteiger partial charge is 0.483 e. The fraction of sp³-hybridized carbons (Fsp3) is 0.263. The molecule has 2 rings (SSSR count). The molecular weight excluding hydrogens is 306 g/mol. The van der Waals surface area contributed by atoms with Crippen LogP contribution < -0.4 is 10.1 Å². The molecule has 5 nitrogen and oxygen atoms in total. The summed E-state index contributed by atoms with van der Waals surface area (Å²) in [5.41, 5.74) is 1.36. The third-order valence-corrected chi connectivity index (χ3v) is 3.85. The van der Waals surface area contributed by atoms with Gasteiger partial charge in [-0.25, -0.2) is 4.79 Å². The fourth-order valence-corrected chi connectivity index (χ4v) is 2.35. The van der Waals surface area contributed by atoms with Crippen LogP contribution in [0.5, 0.6) is 5.75 Å². The van der Waals surface area contributed by atoms with Gasteiger partial charge in [0.2, 0.25) is 0 Å². The molecule has 0 aliphatic heterocycles. The number of amides is 1. The summed E-state index contributed by atoms with van der Waals surface area (Å²) in [6, 6.07) is 13.9. The van der Waals surface area contributed by atoms with E-state index in [0.717, 1.165) is 12.0 Å². The van der Waals surface area contributed by atoms with Gasteiger partial charge in [0.15, 0.2) is 6.61 Å². The summed E-state index contributed by atoms with van der Waals surface area (Å²) in [7, 11) is 0. The number of ether oxygens (including phenoxy) is 1. The van der Waals surface area contributed by atoms with Crippen molar-refractivity contribution in [3.63, 3.8) is 0 Å². The zero-order valence-electron chi connectivity index (χ0n) is 13.8. The molecule has 24 heavy (non-hydrogen) atoms. The lowest BCUT2D eigenvalue weighted by Gasteiger charge is -2.15. The zero-order chi connectivity index (χ0) is 17.5. The summed E-state index contributed by atoms with van der Waals surface area (Å²) in [5, 5.41) is 11.7. The molecule has 0 saturated heterocycles. The summed E-state index contributed by atoms with van der Waals surface area (Å²) < 4.78 is 5.63. The van der Waals surface area contributed by atoms with E-state index in [9.17, 15) is 9.59 Å². The van der Waals surface area contributed by atoms with Crippen LogP contribution >= 0.6 is 0 Å². The van der Waals surface area contributed by atoms with Gasteiger partial charge >= 0.3 is 5.97 Å². The molecule has 1 amide bonds. The number of carbonyl (C=O) groups excluding carboxylic acids is 1. The monoisotopic (exact) mass is 327 g/mol. The molecule has 0 radical (unpaired) electrons. The molecule has 0 aromatic heterocycles. The minimum Gasteiger partial charge on any atom is -0.483 e. The average Bonchev–Trinajstić information content (AvgIpc) is 2.59. The Labute approximate surface area is 141 Å². The third-order valence-electron chi connectivity index (χ3n) is 3.85. The number of hydrogen-bond donors (Lipinski definition) is 2. The molecule has 1 atom stereocenters. The Balaban J connectivity index is 2.04. The SMILES string of the molecule is CC[C@H](C)c1ccccc1OCC(=O)Nc1ccccc1C(=O)O. The van der Waals surface area contributed by atoms with Gasteiger partial charge in [-0.3, -0.25) is 4.79 Å². The summed E-state index contributed by atoms with van der Waals surface area (Å²) >= 11 is 0. The van der Waals surface area contributed by atoms with E-state index in [4.69, 9.17) is 9.84 Å². The van der Waals surface area contributed by atoms with Crippen molar-refractivity contribution < 1.29 is 19.4 Å². The van der Waals surface area contributed by atoms with Gasteiger partial charge in [-0.05, 0) is 36.1 Å². The summed E-state index contributed by atoms with van der Waals surface area (Å²) in [5.74, 6) is -0.484. The number of benzene rings is 2. The van der Waals surface area contributed by atoms with Gasteiger partial charge in [0.05, 0.1) is 11.3 Å². The van der Waals surface area contributed by atoms with E-state index in [-0.39, 0.29) is 17.9 Å². The molecule has 0 spiro atoms. The molecule has 126 valence electrons. The predicted octanol–water partition coefficient (Wildman–Crippen LogP) is 3.92. The molecule has 0 unspecified atom stereocenters. The first-order valence-corrected chi connectivity index (χ1v) is 7.86. The highest BCUT2D eigenvalue weighted by atomic mass is 16.5. The first-order valence-electron chi connectivity index (χ1n) is 7.86. The lowest BCUT2D eigenvalue weighted by atomic mass is 9.98. The number of carboxylic acids is 1. The van der Waals surface area contributed by atoms with Crippen LogP contribution in [0.2, 0.25) is 0 Å². The molecule has 0 saturated carbocycles. The number of para-hydroxylation sites is 2. The Morgan fingerprint density at radius 1 is 1.12 bits per heavy atom. The van der Waals surface area contributed by atoms with Gasteiger partial charge in [0.1, 0.15) is 5.75 Å². The average molecular weight is 327 g/mol. The smallest absolute Gasteiger partial charge is 0.337 e. The molecule has 5 heteroatoms. The zero-order valence-corrected chi connectivity index (χ0v) is 13.8. The Bertz CT molecular complexity index is 727. The van der Waals surface area contributed by atoms with Crippen molar-refractivity contribution in [1.29, 1.82) is 0 Å². The molecule has 2 N–H and O–H groups in total. The van der Waals surface area contributed by atoms with Gasteiger partial charge in [0.25, 0.3) is 5.91 Å². The molecule has 0 fully saturated rings. The highest BCUT2D eigenvalue weighted by molar-refractivity contribution is 6.00. The van der Waals surface area contributed by atoms with Crippen molar-refractivity contribution in [3.8, 4) is 5.75 Å². The van der Waals surface area contributed by atoms with Crippen molar-refractivity contribution in [2.45, 2.75) is 26.2 Å². The van der Waals surface area contributed by atoms with Gasteiger partial charge in [0, 0.05) is 0 Å². The van der Waals surface area contributed by atoms with Gasteiger partial charge in [-0.2, -0.15) is 0 Å².